The highest BCUT2D eigenvalue weighted by Gasteiger charge is 2.11. The first-order chi connectivity index (χ1) is 13.1. The number of halogens is 1. The first-order valence-electron chi connectivity index (χ1n) is 10.1. The van der Waals surface area contributed by atoms with Crippen LogP contribution in [0.15, 0.2) is 29.3 Å². The Kier molecular flexibility index (Phi) is 12.1. The Morgan fingerprint density at radius 1 is 1.14 bits per heavy atom. The number of nitrogens with one attached hydrogen (secondary N) is 2. The number of aliphatic imine (C=N–C) groups is 1. The summed E-state index contributed by atoms with van der Waals surface area (Å²) in [6.45, 7) is 11.1. The Morgan fingerprint density at radius 3 is 2.39 bits per heavy atom. The molecule has 0 bridgehead atoms. The maximum Gasteiger partial charge on any atom is 0.307 e. The Balaban J connectivity index is 0.00000392. The van der Waals surface area contributed by atoms with Crippen molar-refractivity contribution in [1.29, 1.82) is 0 Å². The quantitative estimate of drug-likeness (QED) is 0.235. The van der Waals surface area contributed by atoms with Gasteiger partial charge in [-0.3, -0.25) is 9.69 Å². The molecule has 6 nitrogen and oxygen atoms in total. The van der Waals surface area contributed by atoms with Crippen molar-refractivity contribution in [2.75, 3.05) is 26.2 Å². The van der Waals surface area contributed by atoms with E-state index in [-0.39, 0.29) is 36.0 Å². The second-order valence-electron chi connectivity index (χ2n) is 7.21. The molecule has 0 radical (unpaired) electrons. The van der Waals surface area contributed by atoms with Crippen molar-refractivity contribution in [1.82, 2.24) is 15.5 Å². The molecule has 0 unspecified atom stereocenters. The molecule has 1 aromatic rings. The Hall–Kier alpha value is -1.35. The van der Waals surface area contributed by atoms with Crippen LogP contribution in [0.25, 0.3) is 0 Å². The van der Waals surface area contributed by atoms with Crippen LogP contribution >= 0.6 is 24.0 Å². The normalized spacial score (nSPS) is 14.6. The number of hydrogen-bond acceptors (Lipinski definition) is 4. The molecule has 1 heterocycles. The van der Waals surface area contributed by atoms with Gasteiger partial charge >= 0.3 is 5.97 Å². The number of ether oxygens (including phenoxy) is 1. The molecule has 1 aliphatic heterocycles. The summed E-state index contributed by atoms with van der Waals surface area (Å²) in [7, 11) is 0. The number of carbonyl (C=O) groups excluding carboxylic acids is 1. The van der Waals surface area contributed by atoms with E-state index in [0.717, 1.165) is 19.0 Å². The Morgan fingerprint density at radius 2 is 1.79 bits per heavy atom. The zero-order chi connectivity index (χ0) is 19.5. The van der Waals surface area contributed by atoms with Crippen molar-refractivity contribution in [2.24, 2.45) is 4.99 Å². The lowest BCUT2D eigenvalue weighted by Crippen LogP contribution is -2.38. The molecule has 1 fully saturated rings. The van der Waals surface area contributed by atoms with Gasteiger partial charge in [0.2, 0.25) is 0 Å². The summed E-state index contributed by atoms with van der Waals surface area (Å²) in [5.74, 6) is 0.526. The van der Waals surface area contributed by atoms with Gasteiger partial charge in [0.25, 0.3) is 0 Å². The summed E-state index contributed by atoms with van der Waals surface area (Å²) in [5.41, 5.74) is 2.54. The second-order valence-corrected chi connectivity index (χ2v) is 7.21. The fourth-order valence-corrected chi connectivity index (χ4v) is 3.07. The van der Waals surface area contributed by atoms with Gasteiger partial charge in [-0.1, -0.05) is 24.3 Å². The van der Waals surface area contributed by atoms with E-state index < -0.39 is 0 Å². The van der Waals surface area contributed by atoms with Crippen molar-refractivity contribution >= 4 is 35.9 Å². The van der Waals surface area contributed by atoms with E-state index in [4.69, 9.17) is 4.74 Å². The number of rotatable bonds is 9. The standard InChI is InChI=1S/C21H34N4O2.HI/c1-4-22-21(23-12-11-20(26)27-17(2)3)24-15-18-7-9-19(10-8-18)16-25-13-5-6-14-25;/h7-10,17H,4-6,11-16H2,1-3H3,(H2,22,23,24);1H. The molecule has 0 amide bonds. The van der Waals surface area contributed by atoms with E-state index in [9.17, 15) is 4.79 Å². The molecule has 2 N–H and O–H groups in total. The van der Waals surface area contributed by atoms with E-state index in [1.165, 1.54) is 37.1 Å². The van der Waals surface area contributed by atoms with Crippen molar-refractivity contribution < 1.29 is 9.53 Å². The molecular formula is C21H35IN4O2. The van der Waals surface area contributed by atoms with Gasteiger partial charge in [0, 0.05) is 19.6 Å². The number of carbonyl (C=O) groups is 1. The minimum atomic E-state index is -0.193. The van der Waals surface area contributed by atoms with E-state index in [0.29, 0.717) is 19.5 Å². The predicted molar refractivity (Wildman–Crippen MR) is 125 cm³/mol. The third kappa shape index (κ3) is 9.73. The van der Waals surface area contributed by atoms with Gasteiger partial charge in [-0.15, -0.1) is 24.0 Å². The number of guanidine groups is 1. The zero-order valence-electron chi connectivity index (χ0n) is 17.4. The van der Waals surface area contributed by atoms with Crippen LogP contribution in [0.4, 0.5) is 0 Å². The summed E-state index contributed by atoms with van der Waals surface area (Å²) in [6.07, 6.45) is 2.89. The van der Waals surface area contributed by atoms with Crippen LogP contribution in [0.5, 0.6) is 0 Å². The van der Waals surface area contributed by atoms with Crippen LogP contribution < -0.4 is 10.6 Å². The first kappa shape index (κ1) is 24.7. The van der Waals surface area contributed by atoms with Crippen molar-refractivity contribution in [3.63, 3.8) is 0 Å². The topological polar surface area (TPSA) is 66.0 Å². The Bertz CT molecular complexity index is 599. The molecule has 0 spiro atoms. The van der Waals surface area contributed by atoms with Gasteiger partial charge < -0.3 is 15.4 Å². The van der Waals surface area contributed by atoms with E-state index >= 15 is 0 Å². The summed E-state index contributed by atoms with van der Waals surface area (Å²) in [5, 5.41) is 6.39. The summed E-state index contributed by atoms with van der Waals surface area (Å²) < 4.78 is 5.14. The molecule has 2 rings (SSSR count). The summed E-state index contributed by atoms with van der Waals surface area (Å²) in [6, 6.07) is 8.70. The molecule has 0 atom stereocenters. The predicted octanol–water partition coefficient (Wildman–Crippen LogP) is 3.30. The monoisotopic (exact) mass is 502 g/mol. The molecule has 28 heavy (non-hydrogen) atoms. The number of hydrogen-bond donors (Lipinski definition) is 2. The molecule has 1 aromatic carbocycles. The van der Waals surface area contributed by atoms with Gasteiger partial charge in [0.05, 0.1) is 19.1 Å². The van der Waals surface area contributed by atoms with Crippen molar-refractivity contribution in [3.8, 4) is 0 Å². The fraction of sp³-hybridized carbons (Fsp3) is 0.619. The van der Waals surface area contributed by atoms with Crippen LogP contribution in [0.2, 0.25) is 0 Å². The molecule has 0 aliphatic carbocycles. The first-order valence-corrected chi connectivity index (χ1v) is 10.1. The fourth-order valence-electron chi connectivity index (χ4n) is 3.07. The number of esters is 1. The zero-order valence-corrected chi connectivity index (χ0v) is 19.7. The third-order valence-electron chi connectivity index (χ3n) is 4.38. The SMILES string of the molecule is CCNC(=NCc1ccc(CN2CCCC2)cc1)NCCC(=O)OC(C)C.I. The van der Waals surface area contributed by atoms with Crippen LogP contribution in [0.1, 0.15) is 51.2 Å². The van der Waals surface area contributed by atoms with Crippen LogP contribution in [-0.2, 0) is 22.6 Å². The number of likely N-dealkylation sites (tertiary alicyclic amines) is 1. The molecule has 1 aliphatic rings. The smallest absolute Gasteiger partial charge is 0.307 e. The molecule has 7 heteroatoms. The van der Waals surface area contributed by atoms with E-state index in [2.05, 4.69) is 44.8 Å². The highest BCUT2D eigenvalue weighted by Crippen LogP contribution is 2.13. The van der Waals surface area contributed by atoms with Crippen molar-refractivity contribution in [3.05, 3.63) is 35.4 Å². The highest BCUT2D eigenvalue weighted by atomic mass is 127. The van der Waals surface area contributed by atoms with Crippen molar-refractivity contribution in [2.45, 2.75) is 59.2 Å². The maximum absolute atomic E-state index is 11.6. The molecule has 0 aromatic heterocycles. The third-order valence-corrected chi connectivity index (χ3v) is 4.38. The van der Waals surface area contributed by atoms with Gasteiger partial charge in [-0.25, -0.2) is 4.99 Å². The van der Waals surface area contributed by atoms with Crippen LogP contribution in [0.3, 0.4) is 0 Å². The second kappa shape index (κ2) is 13.8. The van der Waals surface area contributed by atoms with Gasteiger partial charge in [0.1, 0.15) is 0 Å². The highest BCUT2D eigenvalue weighted by molar-refractivity contribution is 14.0. The molecule has 158 valence electrons. The average molecular weight is 502 g/mol. The lowest BCUT2D eigenvalue weighted by atomic mass is 10.1. The molecule has 1 saturated heterocycles. The van der Waals surface area contributed by atoms with Crippen LogP contribution in [-0.4, -0.2) is 49.1 Å². The van der Waals surface area contributed by atoms with Gasteiger partial charge in [0.15, 0.2) is 5.96 Å². The van der Waals surface area contributed by atoms with E-state index in [1.807, 2.05) is 20.8 Å². The minimum absolute atomic E-state index is 0. The minimum Gasteiger partial charge on any atom is -0.463 e. The lowest BCUT2D eigenvalue weighted by Gasteiger charge is -2.14. The average Bonchev–Trinajstić information content (AvgIpc) is 3.13. The van der Waals surface area contributed by atoms with Crippen LogP contribution in [0, 0.1) is 0 Å². The van der Waals surface area contributed by atoms with Gasteiger partial charge in [-0.05, 0) is 57.8 Å². The maximum atomic E-state index is 11.6. The largest absolute Gasteiger partial charge is 0.463 e. The van der Waals surface area contributed by atoms with E-state index in [1.54, 1.807) is 0 Å². The van der Waals surface area contributed by atoms with Gasteiger partial charge in [-0.2, -0.15) is 0 Å². The number of benzene rings is 1. The molecule has 0 saturated carbocycles. The summed E-state index contributed by atoms with van der Waals surface area (Å²) >= 11 is 0. The Labute approximate surface area is 186 Å². The number of nitrogens with zero attached hydrogens (tertiary/aromatic N) is 2. The molecular weight excluding hydrogens is 467 g/mol. The summed E-state index contributed by atoms with van der Waals surface area (Å²) in [4.78, 5) is 18.7. The lowest BCUT2D eigenvalue weighted by molar-refractivity contribution is -0.147.